The summed E-state index contributed by atoms with van der Waals surface area (Å²) in [4.78, 5) is 19.9. The van der Waals surface area contributed by atoms with Gasteiger partial charge >= 0.3 is 0 Å². The first kappa shape index (κ1) is 22.7. The molecule has 2 aromatic heterocycles. The maximum atomic E-state index is 12.9. The third kappa shape index (κ3) is 6.04. The van der Waals surface area contributed by atoms with E-state index in [0.717, 1.165) is 45.5 Å². The Labute approximate surface area is 190 Å². The van der Waals surface area contributed by atoms with E-state index in [1.807, 2.05) is 37.4 Å². The number of hydrogen-bond acceptors (Lipinski definition) is 5. The Bertz CT molecular complexity index is 857. The van der Waals surface area contributed by atoms with Crippen molar-refractivity contribution in [3.05, 3.63) is 54.5 Å². The molecular formula is C25H35N5O2. The van der Waals surface area contributed by atoms with Gasteiger partial charge < -0.3 is 15.0 Å². The van der Waals surface area contributed by atoms with E-state index in [0.29, 0.717) is 23.4 Å². The molecule has 7 nitrogen and oxygen atoms in total. The van der Waals surface area contributed by atoms with Crippen LogP contribution in [-0.2, 0) is 4.74 Å². The van der Waals surface area contributed by atoms with E-state index in [-0.39, 0.29) is 11.9 Å². The van der Waals surface area contributed by atoms with Crippen LogP contribution >= 0.6 is 0 Å². The summed E-state index contributed by atoms with van der Waals surface area (Å²) in [5, 5.41) is 7.49. The number of rotatable bonds is 8. The van der Waals surface area contributed by atoms with Crippen molar-refractivity contribution in [1.82, 2.24) is 25.0 Å². The molecule has 0 radical (unpaired) electrons. The molecule has 0 spiro atoms. The van der Waals surface area contributed by atoms with Crippen molar-refractivity contribution in [2.24, 2.45) is 5.92 Å². The molecule has 2 atom stereocenters. The highest BCUT2D eigenvalue weighted by molar-refractivity contribution is 5.94. The van der Waals surface area contributed by atoms with Gasteiger partial charge in [0.2, 0.25) is 0 Å². The zero-order chi connectivity index (χ0) is 22.2. The highest BCUT2D eigenvalue weighted by atomic mass is 16.5. The summed E-state index contributed by atoms with van der Waals surface area (Å²) in [7, 11) is 0. The van der Waals surface area contributed by atoms with Crippen LogP contribution in [0.3, 0.4) is 0 Å². The summed E-state index contributed by atoms with van der Waals surface area (Å²) < 4.78 is 7.62. The third-order valence-corrected chi connectivity index (χ3v) is 6.67. The first-order valence-corrected chi connectivity index (χ1v) is 11.9. The van der Waals surface area contributed by atoms with Gasteiger partial charge in [0.1, 0.15) is 0 Å². The van der Waals surface area contributed by atoms with Crippen LogP contribution in [0.1, 0.15) is 55.8 Å². The largest absolute Gasteiger partial charge is 0.374 e. The summed E-state index contributed by atoms with van der Waals surface area (Å²) in [6.07, 6.45) is 16.5. The lowest BCUT2D eigenvalue weighted by Crippen LogP contribution is -2.48. The minimum atomic E-state index is -0.0301. The number of likely N-dealkylation sites (tertiary alicyclic amines) is 1. The Balaban J connectivity index is 1.28. The Kier molecular flexibility index (Phi) is 8.07. The number of pyridine rings is 1. The Morgan fingerprint density at radius 2 is 2.06 bits per heavy atom. The molecule has 3 heterocycles. The number of carbonyl (C=O) groups is 1. The van der Waals surface area contributed by atoms with Gasteiger partial charge in [0.25, 0.3) is 5.91 Å². The smallest absolute Gasteiger partial charge is 0.253 e. The maximum absolute atomic E-state index is 12.9. The van der Waals surface area contributed by atoms with E-state index in [9.17, 15) is 4.79 Å². The fourth-order valence-corrected chi connectivity index (χ4v) is 4.81. The summed E-state index contributed by atoms with van der Waals surface area (Å²) >= 11 is 0. The van der Waals surface area contributed by atoms with Gasteiger partial charge in [-0.1, -0.05) is 25.0 Å². The first-order chi connectivity index (χ1) is 15.7. The molecule has 0 aromatic carbocycles. The van der Waals surface area contributed by atoms with E-state index >= 15 is 0 Å². The average Bonchev–Trinajstić information content (AvgIpc) is 3.37. The number of aromatic nitrogens is 3. The lowest BCUT2D eigenvalue weighted by molar-refractivity contribution is 0.0153. The number of nitrogens with zero attached hydrogens (tertiary/aromatic N) is 4. The molecule has 2 aliphatic rings. The predicted molar refractivity (Wildman–Crippen MR) is 125 cm³/mol. The molecule has 1 amide bonds. The Morgan fingerprint density at radius 3 is 2.78 bits per heavy atom. The number of hydrogen-bond donors (Lipinski definition) is 1. The van der Waals surface area contributed by atoms with Gasteiger partial charge in [-0.3, -0.25) is 4.79 Å². The lowest BCUT2D eigenvalue weighted by atomic mass is 9.83. The number of piperidine rings is 1. The van der Waals surface area contributed by atoms with Crippen molar-refractivity contribution in [3.8, 4) is 5.82 Å². The Morgan fingerprint density at radius 1 is 1.22 bits per heavy atom. The molecule has 2 fully saturated rings. The molecule has 4 rings (SSSR count). The van der Waals surface area contributed by atoms with Crippen LogP contribution in [0, 0.1) is 5.92 Å². The van der Waals surface area contributed by atoms with Crippen molar-refractivity contribution in [3.63, 3.8) is 0 Å². The number of amides is 1. The van der Waals surface area contributed by atoms with Crippen LogP contribution < -0.4 is 5.32 Å². The summed E-state index contributed by atoms with van der Waals surface area (Å²) in [5.41, 5.74) is 0.601. The van der Waals surface area contributed by atoms with Crippen molar-refractivity contribution in [1.29, 1.82) is 0 Å². The number of ether oxygens (including phenoxy) is 1. The van der Waals surface area contributed by atoms with Gasteiger partial charge in [-0.25, -0.2) is 9.67 Å². The molecule has 172 valence electrons. The van der Waals surface area contributed by atoms with Crippen LogP contribution in [0.25, 0.3) is 5.82 Å². The van der Waals surface area contributed by atoms with Crippen LogP contribution in [-0.4, -0.2) is 64.0 Å². The Hall–Kier alpha value is -2.51. The number of allylic oxidation sites excluding steroid dienone is 1. The van der Waals surface area contributed by atoms with E-state index in [1.54, 1.807) is 17.1 Å². The van der Waals surface area contributed by atoms with Crippen LogP contribution in [0.2, 0.25) is 0 Å². The second-order valence-electron chi connectivity index (χ2n) is 8.88. The molecule has 1 saturated carbocycles. The van der Waals surface area contributed by atoms with E-state index < -0.39 is 0 Å². The van der Waals surface area contributed by atoms with Gasteiger partial charge in [-0.15, -0.1) is 0 Å². The lowest BCUT2D eigenvalue weighted by Gasteiger charge is -2.38. The van der Waals surface area contributed by atoms with Crippen molar-refractivity contribution < 1.29 is 9.53 Å². The van der Waals surface area contributed by atoms with Crippen molar-refractivity contribution in [2.75, 3.05) is 26.2 Å². The van der Waals surface area contributed by atoms with Gasteiger partial charge in [0.15, 0.2) is 5.82 Å². The number of nitrogens with one attached hydrogen (secondary N) is 1. The van der Waals surface area contributed by atoms with Crippen molar-refractivity contribution in [2.45, 2.75) is 57.6 Å². The topological polar surface area (TPSA) is 72.3 Å². The maximum Gasteiger partial charge on any atom is 0.253 e. The summed E-state index contributed by atoms with van der Waals surface area (Å²) in [6.45, 7) is 5.96. The summed E-state index contributed by atoms with van der Waals surface area (Å²) in [5.74, 6) is 1.18. The third-order valence-electron chi connectivity index (χ3n) is 6.67. The number of carbonyl (C=O) groups excluding carboxylic acids is 1. The van der Waals surface area contributed by atoms with Crippen molar-refractivity contribution >= 4 is 5.91 Å². The monoisotopic (exact) mass is 437 g/mol. The predicted octanol–water partition coefficient (Wildman–Crippen LogP) is 3.61. The summed E-state index contributed by atoms with van der Waals surface area (Å²) in [6, 6.07) is 5.74. The molecule has 1 aliphatic heterocycles. The molecule has 1 N–H and O–H groups in total. The van der Waals surface area contributed by atoms with Gasteiger partial charge in [-0.05, 0) is 56.7 Å². The minimum Gasteiger partial charge on any atom is -0.374 e. The standard InChI is InChI=1S/C25H35N5O2/c1-2-3-17-32-22-11-15-29(16-12-22)19-21-7-4-5-8-23(21)28-25(31)20-9-10-24(26-18-20)30-14-6-13-27-30/h2-3,6,9-10,13-14,18,21-23H,4-5,7-8,11-12,15-17,19H2,1H3,(H,28,31)/t21-,23+/m0/s1. The van der Waals surface area contributed by atoms with Gasteiger partial charge in [-0.2, -0.15) is 5.10 Å². The molecule has 32 heavy (non-hydrogen) atoms. The molecular weight excluding hydrogens is 402 g/mol. The fraction of sp³-hybridized carbons (Fsp3) is 0.560. The average molecular weight is 438 g/mol. The normalized spacial score (nSPS) is 22.9. The SMILES string of the molecule is CC=CCOC1CCN(C[C@@H]2CCCC[C@H]2NC(=O)c2ccc(-n3cccn3)nc2)CC1. The fourth-order valence-electron chi connectivity index (χ4n) is 4.81. The molecule has 2 aromatic rings. The van der Waals surface area contributed by atoms with Gasteiger partial charge in [0.05, 0.1) is 18.3 Å². The molecule has 1 aliphatic carbocycles. The zero-order valence-corrected chi connectivity index (χ0v) is 19.0. The molecule has 7 heteroatoms. The van der Waals surface area contributed by atoms with Crippen LogP contribution in [0.5, 0.6) is 0 Å². The van der Waals surface area contributed by atoms with Gasteiger partial charge in [0, 0.05) is 44.3 Å². The van der Waals surface area contributed by atoms with Crippen LogP contribution in [0.4, 0.5) is 0 Å². The second kappa shape index (κ2) is 11.4. The molecule has 1 saturated heterocycles. The zero-order valence-electron chi connectivity index (χ0n) is 19.0. The minimum absolute atomic E-state index is 0.0301. The molecule has 0 bridgehead atoms. The quantitative estimate of drug-likeness (QED) is 0.639. The second-order valence-corrected chi connectivity index (χ2v) is 8.88. The first-order valence-electron chi connectivity index (χ1n) is 11.9. The van der Waals surface area contributed by atoms with E-state index in [4.69, 9.17) is 4.74 Å². The highest BCUT2D eigenvalue weighted by Crippen LogP contribution is 2.27. The molecule has 0 unspecified atom stereocenters. The van der Waals surface area contributed by atoms with E-state index in [1.165, 1.54) is 19.3 Å². The van der Waals surface area contributed by atoms with E-state index in [2.05, 4.69) is 26.4 Å². The highest BCUT2D eigenvalue weighted by Gasteiger charge is 2.30. The van der Waals surface area contributed by atoms with Crippen LogP contribution in [0.15, 0.2) is 48.9 Å².